The van der Waals surface area contributed by atoms with E-state index >= 15 is 0 Å². The summed E-state index contributed by atoms with van der Waals surface area (Å²) in [5.74, 6) is -0.275. The van der Waals surface area contributed by atoms with Crippen LogP contribution in [-0.2, 0) is 0 Å². The molecule has 0 spiro atoms. The first kappa shape index (κ1) is 16.4. The SMILES string of the molecule is Cc1ccc(NC(=S)NNc2nc(-c3ccccc3)cs2)cc1F. The zero-order valence-electron chi connectivity index (χ0n) is 12.8. The molecular weight excluding hydrogens is 343 g/mol. The van der Waals surface area contributed by atoms with E-state index in [4.69, 9.17) is 12.2 Å². The van der Waals surface area contributed by atoms with Crippen molar-refractivity contribution >= 4 is 39.5 Å². The van der Waals surface area contributed by atoms with E-state index in [0.717, 1.165) is 11.3 Å². The molecule has 0 saturated heterocycles. The standard InChI is InChI=1S/C17H15FN4S2/c1-11-7-8-13(9-14(11)18)19-16(23)21-22-17-20-15(10-24-17)12-5-3-2-4-6-12/h2-10H,1H3,(H,20,22)(H2,19,21,23). The Morgan fingerprint density at radius 2 is 1.96 bits per heavy atom. The van der Waals surface area contributed by atoms with E-state index in [1.807, 2.05) is 35.7 Å². The number of aryl methyl sites for hydroxylation is 1. The molecule has 3 aromatic rings. The van der Waals surface area contributed by atoms with Crippen molar-refractivity contribution in [1.29, 1.82) is 0 Å². The molecule has 3 N–H and O–H groups in total. The molecule has 3 rings (SSSR count). The number of thiocarbonyl (C=S) groups is 1. The Kier molecular flexibility index (Phi) is 5.02. The fourth-order valence-corrected chi connectivity index (χ4v) is 2.86. The minimum Gasteiger partial charge on any atom is -0.331 e. The molecule has 0 aliphatic heterocycles. The number of rotatable bonds is 4. The number of thiazole rings is 1. The number of nitrogens with zero attached hydrogens (tertiary/aromatic N) is 1. The second-order valence-electron chi connectivity index (χ2n) is 5.07. The van der Waals surface area contributed by atoms with E-state index < -0.39 is 0 Å². The van der Waals surface area contributed by atoms with Gasteiger partial charge in [0.2, 0.25) is 5.13 Å². The minimum atomic E-state index is -0.275. The normalized spacial score (nSPS) is 10.2. The maximum Gasteiger partial charge on any atom is 0.202 e. The van der Waals surface area contributed by atoms with Crippen LogP contribution < -0.4 is 16.2 Å². The third kappa shape index (κ3) is 4.06. The number of benzene rings is 2. The lowest BCUT2D eigenvalue weighted by Crippen LogP contribution is -2.33. The summed E-state index contributed by atoms with van der Waals surface area (Å²) in [5.41, 5.74) is 8.91. The van der Waals surface area contributed by atoms with Crippen molar-refractivity contribution in [2.24, 2.45) is 0 Å². The molecule has 0 unspecified atom stereocenters. The predicted molar refractivity (Wildman–Crippen MR) is 102 cm³/mol. The van der Waals surface area contributed by atoms with Gasteiger partial charge < -0.3 is 5.32 Å². The van der Waals surface area contributed by atoms with Crippen LogP contribution in [0.25, 0.3) is 11.3 Å². The highest BCUT2D eigenvalue weighted by molar-refractivity contribution is 7.80. The Bertz CT molecular complexity index is 849. The van der Waals surface area contributed by atoms with E-state index in [1.54, 1.807) is 19.1 Å². The third-order valence-corrected chi connectivity index (χ3v) is 4.25. The highest BCUT2D eigenvalue weighted by atomic mass is 32.1. The highest BCUT2D eigenvalue weighted by Crippen LogP contribution is 2.24. The fraction of sp³-hybridized carbons (Fsp3) is 0.0588. The number of nitrogens with one attached hydrogen (secondary N) is 3. The molecule has 24 heavy (non-hydrogen) atoms. The molecule has 0 saturated carbocycles. The Balaban J connectivity index is 1.56. The molecule has 0 bridgehead atoms. The number of hydrazine groups is 1. The third-order valence-electron chi connectivity index (χ3n) is 3.29. The van der Waals surface area contributed by atoms with E-state index in [9.17, 15) is 4.39 Å². The Morgan fingerprint density at radius 1 is 1.17 bits per heavy atom. The molecule has 1 heterocycles. The number of aromatic nitrogens is 1. The molecule has 2 aromatic carbocycles. The molecule has 0 radical (unpaired) electrons. The first-order valence-corrected chi connectivity index (χ1v) is 8.51. The topological polar surface area (TPSA) is 49.0 Å². The van der Waals surface area contributed by atoms with Crippen LogP contribution in [0, 0.1) is 12.7 Å². The smallest absolute Gasteiger partial charge is 0.202 e. The lowest BCUT2D eigenvalue weighted by molar-refractivity contribution is 0.619. The van der Waals surface area contributed by atoms with Gasteiger partial charge in [0.25, 0.3) is 0 Å². The summed E-state index contributed by atoms with van der Waals surface area (Å²) < 4.78 is 13.5. The molecule has 0 aliphatic carbocycles. The van der Waals surface area contributed by atoms with E-state index in [1.165, 1.54) is 17.4 Å². The van der Waals surface area contributed by atoms with Crippen molar-refractivity contribution in [3.8, 4) is 11.3 Å². The van der Waals surface area contributed by atoms with Gasteiger partial charge >= 0.3 is 0 Å². The molecule has 0 atom stereocenters. The van der Waals surface area contributed by atoms with Gasteiger partial charge in [-0.2, -0.15) is 0 Å². The molecule has 122 valence electrons. The maximum absolute atomic E-state index is 13.5. The predicted octanol–water partition coefficient (Wildman–Crippen LogP) is 4.57. The average molecular weight is 358 g/mol. The second-order valence-corrected chi connectivity index (χ2v) is 6.34. The van der Waals surface area contributed by atoms with Gasteiger partial charge in [0, 0.05) is 16.6 Å². The summed E-state index contributed by atoms with van der Waals surface area (Å²) >= 11 is 6.65. The maximum atomic E-state index is 13.5. The summed E-state index contributed by atoms with van der Waals surface area (Å²) in [6.45, 7) is 1.71. The molecular formula is C17H15FN4S2. The summed E-state index contributed by atoms with van der Waals surface area (Å²) in [6, 6.07) is 14.8. The zero-order valence-corrected chi connectivity index (χ0v) is 14.5. The van der Waals surface area contributed by atoms with Gasteiger partial charge in [0.15, 0.2) is 5.11 Å². The van der Waals surface area contributed by atoms with Crippen molar-refractivity contribution in [1.82, 2.24) is 10.4 Å². The van der Waals surface area contributed by atoms with E-state index in [2.05, 4.69) is 21.2 Å². The lowest BCUT2D eigenvalue weighted by atomic mass is 10.2. The van der Waals surface area contributed by atoms with Crippen LogP contribution in [-0.4, -0.2) is 10.1 Å². The summed E-state index contributed by atoms with van der Waals surface area (Å²) in [4.78, 5) is 4.48. The van der Waals surface area contributed by atoms with Crippen molar-refractivity contribution < 1.29 is 4.39 Å². The van der Waals surface area contributed by atoms with Crippen LogP contribution in [0.2, 0.25) is 0 Å². The Hall–Kier alpha value is -2.51. The summed E-state index contributed by atoms with van der Waals surface area (Å²) in [6.07, 6.45) is 0. The van der Waals surface area contributed by atoms with Gasteiger partial charge in [-0.15, -0.1) is 11.3 Å². The zero-order chi connectivity index (χ0) is 16.9. The fourth-order valence-electron chi connectivity index (χ4n) is 2.02. The van der Waals surface area contributed by atoms with Crippen LogP contribution in [0.4, 0.5) is 15.2 Å². The van der Waals surface area contributed by atoms with E-state index in [-0.39, 0.29) is 5.82 Å². The van der Waals surface area contributed by atoms with Crippen molar-refractivity contribution in [3.05, 3.63) is 65.3 Å². The van der Waals surface area contributed by atoms with Crippen LogP contribution in [0.1, 0.15) is 5.56 Å². The van der Waals surface area contributed by atoms with Gasteiger partial charge in [-0.3, -0.25) is 10.9 Å². The Morgan fingerprint density at radius 3 is 2.71 bits per heavy atom. The van der Waals surface area contributed by atoms with Crippen LogP contribution in [0.3, 0.4) is 0 Å². The van der Waals surface area contributed by atoms with Crippen molar-refractivity contribution in [3.63, 3.8) is 0 Å². The van der Waals surface area contributed by atoms with Gasteiger partial charge in [-0.05, 0) is 36.8 Å². The molecule has 1 aromatic heterocycles. The van der Waals surface area contributed by atoms with Gasteiger partial charge in [-0.1, -0.05) is 36.4 Å². The van der Waals surface area contributed by atoms with Crippen LogP contribution in [0.15, 0.2) is 53.9 Å². The summed E-state index contributed by atoms with van der Waals surface area (Å²) in [5, 5.41) is 5.89. The van der Waals surface area contributed by atoms with Crippen molar-refractivity contribution in [2.45, 2.75) is 6.92 Å². The number of hydrogen-bond donors (Lipinski definition) is 3. The largest absolute Gasteiger partial charge is 0.331 e. The molecule has 0 aliphatic rings. The second kappa shape index (κ2) is 7.37. The van der Waals surface area contributed by atoms with E-state index in [0.29, 0.717) is 21.5 Å². The monoisotopic (exact) mass is 358 g/mol. The van der Waals surface area contributed by atoms with Crippen LogP contribution in [0.5, 0.6) is 0 Å². The van der Waals surface area contributed by atoms with Crippen molar-refractivity contribution in [2.75, 3.05) is 10.7 Å². The lowest BCUT2D eigenvalue weighted by Gasteiger charge is -2.11. The minimum absolute atomic E-state index is 0.275. The molecule has 7 heteroatoms. The number of hydrogen-bond acceptors (Lipinski definition) is 4. The average Bonchev–Trinajstić information content (AvgIpc) is 3.06. The number of anilines is 2. The quantitative estimate of drug-likeness (QED) is 0.471. The summed E-state index contributed by atoms with van der Waals surface area (Å²) in [7, 11) is 0. The number of halogens is 1. The van der Waals surface area contributed by atoms with Gasteiger partial charge in [0.1, 0.15) is 5.82 Å². The van der Waals surface area contributed by atoms with Gasteiger partial charge in [-0.25, -0.2) is 9.37 Å². The molecule has 0 amide bonds. The highest BCUT2D eigenvalue weighted by Gasteiger charge is 2.05. The molecule has 0 fully saturated rings. The first-order chi connectivity index (χ1) is 11.6. The Labute approximate surface area is 148 Å². The molecule has 4 nitrogen and oxygen atoms in total. The first-order valence-electron chi connectivity index (χ1n) is 7.22. The van der Waals surface area contributed by atoms with Crippen LogP contribution >= 0.6 is 23.6 Å². The van der Waals surface area contributed by atoms with Gasteiger partial charge in [0.05, 0.1) is 5.69 Å².